The Hall–Kier alpha value is -2.05. The Bertz CT molecular complexity index is 1140. The monoisotopic (exact) mass is 607 g/mol. The molecule has 0 amide bonds. The lowest BCUT2D eigenvalue weighted by Gasteiger charge is -2.32. The van der Waals surface area contributed by atoms with Crippen molar-refractivity contribution >= 4 is 0 Å². The molecule has 0 saturated heterocycles. The van der Waals surface area contributed by atoms with Gasteiger partial charge in [0, 0.05) is 53.2 Å². The second-order valence-electron chi connectivity index (χ2n) is 12.1. The largest absolute Gasteiger partial charge is 0.507 e. The van der Waals surface area contributed by atoms with Crippen LogP contribution in [-0.2, 0) is 40.2 Å². The number of hydrogen-bond acceptors (Lipinski definition) is 9. The zero-order valence-electron chi connectivity index (χ0n) is 27.6. The first-order chi connectivity index (χ1) is 20.5. The number of aryl methyl sites for hydroxylation is 1. The van der Waals surface area contributed by atoms with Gasteiger partial charge in [0.2, 0.25) is 0 Å². The van der Waals surface area contributed by atoms with E-state index in [0.29, 0.717) is 23.8 Å². The third kappa shape index (κ3) is 7.97. The van der Waals surface area contributed by atoms with Crippen molar-refractivity contribution < 1.29 is 38.3 Å². The molecule has 244 valence electrons. The Morgan fingerprint density at radius 3 is 2.16 bits per heavy atom. The van der Waals surface area contributed by atoms with Gasteiger partial charge < -0.3 is 42.8 Å². The number of allylic oxidation sites excluding steroid dienone is 1. The molecule has 9 atom stereocenters. The van der Waals surface area contributed by atoms with Crippen molar-refractivity contribution in [3.63, 3.8) is 0 Å². The molecule has 0 aromatic carbocycles. The van der Waals surface area contributed by atoms with Crippen LogP contribution in [-0.4, -0.2) is 82.2 Å². The van der Waals surface area contributed by atoms with E-state index in [2.05, 4.69) is 46.8 Å². The summed E-state index contributed by atoms with van der Waals surface area (Å²) in [5.41, 5.74) is 2.56. The van der Waals surface area contributed by atoms with Gasteiger partial charge in [-0.05, 0) is 49.7 Å². The van der Waals surface area contributed by atoms with Crippen LogP contribution in [0.15, 0.2) is 34.3 Å². The highest BCUT2D eigenvalue weighted by Crippen LogP contribution is 2.46. The summed E-state index contributed by atoms with van der Waals surface area (Å²) in [6.45, 7) is 10.8. The van der Waals surface area contributed by atoms with Crippen LogP contribution in [0.5, 0.6) is 5.75 Å². The summed E-state index contributed by atoms with van der Waals surface area (Å²) in [6, 6.07) is 0. The Balaban J connectivity index is 2.07. The van der Waals surface area contributed by atoms with E-state index in [1.54, 1.807) is 27.5 Å². The molecule has 3 rings (SSSR count). The lowest BCUT2D eigenvalue weighted by molar-refractivity contribution is -0.141. The standard InChI is InChI=1S/C33H53NO9/c1-11-19(2)14-20(3)15-22(5)28-21(4)12-13-24(43-28)26-27(35)23(16-34(6)33(26)36)25-29(41-17-37-7)31(39-9)32(40-10)30(25)42-18-38-8/h12,15-16,19-20,24-25,28-32,35H,11,13-14,17-18H2,1-10H3/b22-15+/t19-,20+,24-,25?,28+,29-,30+,31-,32+/m1/s1. The molecule has 1 saturated carbocycles. The number of hydrogen-bond donors (Lipinski definition) is 1. The molecule has 0 radical (unpaired) electrons. The van der Waals surface area contributed by atoms with Gasteiger partial charge in [-0.1, -0.05) is 39.3 Å². The summed E-state index contributed by atoms with van der Waals surface area (Å²) in [6.07, 6.45) is 5.46. The van der Waals surface area contributed by atoms with Crippen molar-refractivity contribution in [3.8, 4) is 5.75 Å². The first-order valence-electron chi connectivity index (χ1n) is 15.2. The molecule has 43 heavy (non-hydrogen) atoms. The van der Waals surface area contributed by atoms with Crippen molar-refractivity contribution in [2.45, 2.75) is 96.4 Å². The summed E-state index contributed by atoms with van der Waals surface area (Å²) < 4.78 is 42.4. The van der Waals surface area contributed by atoms with E-state index in [1.165, 1.54) is 18.8 Å². The fourth-order valence-electron chi connectivity index (χ4n) is 6.64. The van der Waals surface area contributed by atoms with Crippen LogP contribution in [0.1, 0.15) is 77.0 Å². The molecular formula is C33H53NO9. The number of aromatic nitrogens is 1. The Morgan fingerprint density at radius 2 is 1.65 bits per heavy atom. The van der Waals surface area contributed by atoms with Gasteiger partial charge in [-0.3, -0.25) is 4.79 Å². The van der Waals surface area contributed by atoms with Gasteiger partial charge in [-0.25, -0.2) is 0 Å². The predicted octanol–water partition coefficient (Wildman–Crippen LogP) is 4.99. The molecule has 0 spiro atoms. The number of aromatic hydroxyl groups is 1. The van der Waals surface area contributed by atoms with E-state index in [0.717, 1.165) is 24.0 Å². The third-order valence-corrected chi connectivity index (χ3v) is 8.87. The van der Waals surface area contributed by atoms with Crippen LogP contribution in [0, 0.1) is 11.8 Å². The molecule has 2 aliphatic rings. The van der Waals surface area contributed by atoms with Crippen LogP contribution in [0.3, 0.4) is 0 Å². The fraction of sp³-hybridized carbons (Fsp3) is 0.727. The second-order valence-corrected chi connectivity index (χ2v) is 12.1. The molecule has 10 nitrogen and oxygen atoms in total. The van der Waals surface area contributed by atoms with Gasteiger partial charge in [-0.2, -0.15) is 0 Å². The molecule has 1 unspecified atom stereocenters. The highest BCUT2D eigenvalue weighted by atomic mass is 16.7. The minimum atomic E-state index is -0.643. The molecule has 1 aromatic heterocycles. The minimum Gasteiger partial charge on any atom is -0.507 e. The highest BCUT2D eigenvalue weighted by Gasteiger charge is 2.55. The van der Waals surface area contributed by atoms with Crippen LogP contribution in [0.25, 0.3) is 0 Å². The SMILES string of the molecule is CC[C@@H](C)C[C@H](C)/C=C(\C)[C@H]1O[C@@H](c2c(O)c(C3[C@@H](OCOC)[C@@H](OC)[C@@H](OC)[C@H]3OCOC)cn(C)c2=O)CC=C1C. The van der Waals surface area contributed by atoms with Crippen LogP contribution in [0.2, 0.25) is 0 Å². The fourth-order valence-corrected chi connectivity index (χ4v) is 6.64. The predicted molar refractivity (Wildman–Crippen MR) is 164 cm³/mol. The van der Waals surface area contributed by atoms with Gasteiger partial charge in [0.15, 0.2) is 0 Å². The van der Waals surface area contributed by atoms with Crippen molar-refractivity contribution in [2.24, 2.45) is 18.9 Å². The van der Waals surface area contributed by atoms with E-state index in [4.69, 9.17) is 33.2 Å². The molecule has 0 bridgehead atoms. The molecule has 10 heteroatoms. The molecule has 1 fully saturated rings. The van der Waals surface area contributed by atoms with Gasteiger partial charge in [0.05, 0.1) is 30.0 Å². The lowest BCUT2D eigenvalue weighted by atomic mass is 9.89. The number of nitrogens with zero attached hydrogens (tertiary/aromatic N) is 1. The lowest BCUT2D eigenvalue weighted by Crippen LogP contribution is -2.38. The zero-order valence-corrected chi connectivity index (χ0v) is 27.6. The van der Waals surface area contributed by atoms with Gasteiger partial charge >= 0.3 is 0 Å². The molecule has 1 aromatic rings. The molecule has 1 N–H and O–H groups in total. The van der Waals surface area contributed by atoms with Crippen molar-refractivity contribution in [3.05, 3.63) is 51.0 Å². The Kier molecular flexibility index (Phi) is 13.4. The topological polar surface area (TPSA) is 107 Å². The summed E-state index contributed by atoms with van der Waals surface area (Å²) in [5.74, 6) is 0.317. The van der Waals surface area contributed by atoms with Gasteiger partial charge in [-0.15, -0.1) is 0 Å². The molecule has 2 heterocycles. The van der Waals surface area contributed by atoms with Crippen molar-refractivity contribution in [2.75, 3.05) is 42.0 Å². The van der Waals surface area contributed by atoms with Crippen LogP contribution < -0.4 is 5.56 Å². The van der Waals surface area contributed by atoms with E-state index in [9.17, 15) is 9.90 Å². The Morgan fingerprint density at radius 1 is 1.07 bits per heavy atom. The summed E-state index contributed by atoms with van der Waals surface area (Å²) >= 11 is 0. The zero-order chi connectivity index (χ0) is 31.8. The number of ether oxygens (including phenoxy) is 7. The van der Waals surface area contributed by atoms with Gasteiger partial charge in [0.1, 0.15) is 31.5 Å². The van der Waals surface area contributed by atoms with Crippen LogP contribution in [0.4, 0.5) is 0 Å². The second kappa shape index (κ2) is 16.3. The summed E-state index contributed by atoms with van der Waals surface area (Å²) in [7, 11) is 7.89. The quantitative estimate of drug-likeness (QED) is 0.218. The smallest absolute Gasteiger partial charge is 0.259 e. The maximum atomic E-state index is 13.6. The third-order valence-electron chi connectivity index (χ3n) is 8.87. The molecule has 1 aliphatic heterocycles. The first kappa shape index (κ1) is 35.4. The summed E-state index contributed by atoms with van der Waals surface area (Å²) in [5, 5.41) is 11.9. The maximum absolute atomic E-state index is 13.6. The normalized spacial score (nSPS) is 29.5. The average Bonchev–Trinajstić information content (AvgIpc) is 3.28. The highest BCUT2D eigenvalue weighted by molar-refractivity contribution is 5.45. The van der Waals surface area contributed by atoms with E-state index in [1.807, 2.05) is 0 Å². The number of rotatable bonds is 15. The Labute approximate surface area is 256 Å². The van der Waals surface area contributed by atoms with Crippen molar-refractivity contribution in [1.29, 1.82) is 0 Å². The molecular weight excluding hydrogens is 554 g/mol. The molecule has 1 aliphatic carbocycles. The first-order valence-corrected chi connectivity index (χ1v) is 15.2. The average molecular weight is 608 g/mol. The maximum Gasteiger partial charge on any atom is 0.259 e. The van der Waals surface area contributed by atoms with E-state index in [-0.39, 0.29) is 36.6 Å². The minimum absolute atomic E-state index is 0.00754. The van der Waals surface area contributed by atoms with Gasteiger partial charge in [0.25, 0.3) is 5.56 Å². The van der Waals surface area contributed by atoms with E-state index < -0.39 is 36.4 Å². The van der Waals surface area contributed by atoms with Crippen LogP contribution >= 0.6 is 0 Å². The number of pyridine rings is 1. The van der Waals surface area contributed by atoms with E-state index >= 15 is 0 Å². The number of methoxy groups -OCH3 is 4. The summed E-state index contributed by atoms with van der Waals surface area (Å²) in [4.78, 5) is 13.6. The van der Waals surface area contributed by atoms with Crippen molar-refractivity contribution in [1.82, 2.24) is 4.57 Å².